The van der Waals surface area contributed by atoms with Crippen molar-refractivity contribution in [2.75, 3.05) is 38.6 Å². The number of nitrogen functional groups attached to an aromatic ring is 1. The second kappa shape index (κ2) is 6.91. The maximum Gasteiger partial charge on any atom is 0.263 e. The van der Waals surface area contributed by atoms with Crippen LogP contribution >= 0.6 is 0 Å². The lowest BCUT2D eigenvalue weighted by molar-refractivity contribution is -0.140. The number of anilines is 1. The van der Waals surface area contributed by atoms with Crippen LogP contribution in [-0.4, -0.2) is 49.4 Å². The molecule has 1 aliphatic rings. The fourth-order valence-corrected chi connectivity index (χ4v) is 1.87. The number of carbonyl (C=O) groups excluding carboxylic acids is 1. The summed E-state index contributed by atoms with van der Waals surface area (Å²) < 4.78 is 5.19. The van der Waals surface area contributed by atoms with Crippen molar-refractivity contribution < 1.29 is 14.4 Å². The van der Waals surface area contributed by atoms with Crippen molar-refractivity contribution in [2.45, 2.75) is 6.92 Å². The molecule has 6 heteroatoms. The van der Waals surface area contributed by atoms with E-state index in [1.54, 1.807) is 17.0 Å². The summed E-state index contributed by atoms with van der Waals surface area (Å²) in [6.45, 7) is 4.17. The van der Waals surface area contributed by atoms with Gasteiger partial charge in [0.1, 0.15) is 0 Å². The number of nitrogens with two attached hydrogens (primary N) is 1. The van der Waals surface area contributed by atoms with Gasteiger partial charge in [0.05, 0.1) is 18.9 Å². The Morgan fingerprint density at radius 1 is 1.35 bits per heavy atom. The van der Waals surface area contributed by atoms with Crippen LogP contribution in [0.4, 0.5) is 5.69 Å². The van der Waals surface area contributed by atoms with Crippen LogP contribution in [0.2, 0.25) is 0 Å². The fourth-order valence-electron chi connectivity index (χ4n) is 1.87. The number of ether oxygens (including phenoxy) is 1. The van der Waals surface area contributed by atoms with E-state index < -0.39 is 0 Å². The van der Waals surface area contributed by atoms with Gasteiger partial charge in [0.15, 0.2) is 6.61 Å². The Kier molecular flexibility index (Phi) is 4.95. The summed E-state index contributed by atoms with van der Waals surface area (Å²) >= 11 is 0. The standard InChI is InChI=1S/C14H19N3O3/c1-11(12-2-4-13(15)5-3-12)16-20-10-14(18)17-6-8-19-9-7-17/h2-5H,6-10,15H2,1H3/b16-11-. The molecule has 1 aromatic rings. The first kappa shape index (κ1) is 14.3. The molecule has 2 rings (SSSR count). The van der Waals surface area contributed by atoms with Crippen molar-refractivity contribution in [3.63, 3.8) is 0 Å². The predicted octanol–water partition coefficient (Wildman–Crippen LogP) is 0.868. The Bertz CT molecular complexity index is 479. The molecular formula is C14H19N3O3. The highest BCUT2D eigenvalue weighted by Gasteiger charge is 2.16. The van der Waals surface area contributed by atoms with Crippen LogP contribution in [0.5, 0.6) is 0 Å². The lowest BCUT2D eigenvalue weighted by Gasteiger charge is -2.26. The molecule has 0 unspecified atom stereocenters. The maximum atomic E-state index is 11.8. The quantitative estimate of drug-likeness (QED) is 0.503. The number of benzene rings is 1. The second-order valence-corrected chi connectivity index (χ2v) is 4.57. The third-order valence-corrected chi connectivity index (χ3v) is 3.08. The molecule has 6 nitrogen and oxygen atoms in total. The van der Waals surface area contributed by atoms with Crippen LogP contribution in [0.15, 0.2) is 29.4 Å². The van der Waals surface area contributed by atoms with Gasteiger partial charge in [0.25, 0.3) is 5.91 Å². The van der Waals surface area contributed by atoms with Crippen LogP contribution in [0, 0.1) is 0 Å². The summed E-state index contributed by atoms with van der Waals surface area (Å²) in [5.41, 5.74) is 7.94. The predicted molar refractivity (Wildman–Crippen MR) is 76.4 cm³/mol. The molecule has 0 aromatic heterocycles. The molecule has 108 valence electrons. The van der Waals surface area contributed by atoms with E-state index >= 15 is 0 Å². The second-order valence-electron chi connectivity index (χ2n) is 4.57. The minimum Gasteiger partial charge on any atom is -0.399 e. The molecule has 0 saturated carbocycles. The SMILES string of the molecule is C/C(=N/OCC(=O)N1CCOCC1)c1ccc(N)cc1. The van der Waals surface area contributed by atoms with Gasteiger partial charge in [-0.1, -0.05) is 17.3 Å². The highest BCUT2D eigenvalue weighted by molar-refractivity contribution is 5.98. The number of morpholine rings is 1. The third-order valence-electron chi connectivity index (χ3n) is 3.08. The molecule has 1 aromatic carbocycles. The van der Waals surface area contributed by atoms with Crippen molar-refractivity contribution in [1.82, 2.24) is 4.90 Å². The summed E-state index contributed by atoms with van der Waals surface area (Å²) in [5.74, 6) is -0.0674. The molecule has 1 aliphatic heterocycles. The highest BCUT2D eigenvalue weighted by Crippen LogP contribution is 2.07. The lowest BCUT2D eigenvalue weighted by Crippen LogP contribution is -2.42. The topological polar surface area (TPSA) is 77.1 Å². The van der Waals surface area contributed by atoms with E-state index in [0.29, 0.717) is 37.7 Å². The van der Waals surface area contributed by atoms with Crippen molar-refractivity contribution >= 4 is 17.3 Å². The monoisotopic (exact) mass is 277 g/mol. The zero-order valence-corrected chi connectivity index (χ0v) is 11.5. The van der Waals surface area contributed by atoms with E-state index in [9.17, 15) is 4.79 Å². The van der Waals surface area contributed by atoms with Gasteiger partial charge >= 0.3 is 0 Å². The molecule has 0 bridgehead atoms. The molecule has 1 saturated heterocycles. The smallest absolute Gasteiger partial charge is 0.263 e. The number of oxime groups is 1. The van der Waals surface area contributed by atoms with Gasteiger partial charge in [-0.3, -0.25) is 4.79 Å². The van der Waals surface area contributed by atoms with Gasteiger partial charge in [0, 0.05) is 18.8 Å². The Balaban J connectivity index is 1.82. The summed E-state index contributed by atoms with van der Waals surface area (Å²) in [7, 11) is 0. The zero-order chi connectivity index (χ0) is 14.4. The molecule has 0 aliphatic carbocycles. The van der Waals surface area contributed by atoms with Gasteiger partial charge in [-0.2, -0.15) is 0 Å². The number of hydrogen-bond acceptors (Lipinski definition) is 5. The molecule has 0 radical (unpaired) electrons. The van der Waals surface area contributed by atoms with Crippen molar-refractivity contribution in [3.8, 4) is 0 Å². The normalized spacial score (nSPS) is 16.1. The van der Waals surface area contributed by atoms with Gasteiger partial charge in [-0.25, -0.2) is 0 Å². The average Bonchev–Trinajstić information content (AvgIpc) is 2.48. The van der Waals surface area contributed by atoms with Crippen LogP contribution < -0.4 is 5.73 Å². The summed E-state index contributed by atoms with van der Waals surface area (Å²) in [6.07, 6.45) is 0. The zero-order valence-electron chi connectivity index (χ0n) is 11.5. The maximum absolute atomic E-state index is 11.8. The molecule has 20 heavy (non-hydrogen) atoms. The largest absolute Gasteiger partial charge is 0.399 e. The Labute approximate surface area is 118 Å². The third kappa shape index (κ3) is 3.96. The number of amides is 1. The highest BCUT2D eigenvalue weighted by atomic mass is 16.6. The van der Waals surface area contributed by atoms with Crippen LogP contribution in [-0.2, 0) is 14.4 Å². The van der Waals surface area contributed by atoms with E-state index in [-0.39, 0.29) is 12.5 Å². The van der Waals surface area contributed by atoms with E-state index in [4.69, 9.17) is 15.3 Å². The molecule has 1 amide bonds. The molecule has 0 spiro atoms. The van der Waals surface area contributed by atoms with Gasteiger partial charge in [-0.15, -0.1) is 0 Å². The summed E-state index contributed by atoms with van der Waals surface area (Å²) in [4.78, 5) is 18.7. The molecular weight excluding hydrogens is 258 g/mol. The minimum atomic E-state index is -0.0674. The van der Waals surface area contributed by atoms with Gasteiger partial charge in [0.2, 0.25) is 0 Å². The van der Waals surface area contributed by atoms with E-state index in [2.05, 4.69) is 5.16 Å². The Morgan fingerprint density at radius 2 is 2.00 bits per heavy atom. The fraction of sp³-hybridized carbons (Fsp3) is 0.429. The van der Waals surface area contributed by atoms with Crippen molar-refractivity contribution in [2.24, 2.45) is 5.16 Å². The first-order chi connectivity index (χ1) is 9.66. The van der Waals surface area contributed by atoms with Crippen molar-refractivity contribution in [3.05, 3.63) is 29.8 Å². The average molecular weight is 277 g/mol. The van der Waals surface area contributed by atoms with Crippen molar-refractivity contribution in [1.29, 1.82) is 0 Å². The van der Waals surface area contributed by atoms with Crippen LogP contribution in [0.25, 0.3) is 0 Å². The number of nitrogens with zero attached hydrogens (tertiary/aromatic N) is 2. The molecule has 2 N–H and O–H groups in total. The first-order valence-electron chi connectivity index (χ1n) is 6.55. The van der Waals surface area contributed by atoms with E-state index in [1.165, 1.54) is 0 Å². The van der Waals surface area contributed by atoms with E-state index in [0.717, 1.165) is 5.56 Å². The number of hydrogen-bond donors (Lipinski definition) is 1. The lowest BCUT2D eigenvalue weighted by atomic mass is 10.1. The minimum absolute atomic E-state index is 0.0493. The number of carbonyl (C=O) groups is 1. The van der Waals surface area contributed by atoms with Gasteiger partial charge in [-0.05, 0) is 24.6 Å². The molecule has 1 heterocycles. The van der Waals surface area contributed by atoms with Crippen LogP contribution in [0.3, 0.4) is 0 Å². The molecule has 1 fully saturated rings. The first-order valence-corrected chi connectivity index (χ1v) is 6.55. The summed E-state index contributed by atoms with van der Waals surface area (Å²) in [6, 6.07) is 7.32. The Hall–Kier alpha value is -2.08. The van der Waals surface area contributed by atoms with Crippen LogP contribution in [0.1, 0.15) is 12.5 Å². The summed E-state index contributed by atoms with van der Waals surface area (Å²) in [5, 5.41) is 3.96. The van der Waals surface area contributed by atoms with E-state index in [1.807, 2.05) is 19.1 Å². The Morgan fingerprint density at radius 3 is 2.65 bits per heavy atom. The number of rotatable bonds is 4. The molecule has 0 atom stereocenters. The van der Waals surface area contributed by atoms with Gasteiger partial charge < -0.3 is 20.2 Å².